The van der Waals surface area contributed by atoms with Crippen molar-refractivity contribution in [3.63, 3.8) is 0 Å². The molecule has 10 heteroatoms. The van der Waals surface area contributed by atoms with E-state index in [2.05, 4.69) is 10.6 Å². The van der Waals surface area contributed by atoms with Crippen LogP contribution in [0.3, 0.4) is 0 Å². The van der Waals surface area contributed by atoms with E-state index in [4.69, 9.17) is 9.47 Å². The molecule has 0 aromatic heterocycles. The van der Waals surface area contributed by atoms with Gasteiger partial charge in [-0.25, -0.2) is 4.79 Å². The molecule has 1 aliphatic heterocycles. The summed E-state index contributed by atoms with van der Waals surface area (Å²) in [4.78, 5) is 26.6. The molecular weight excluding hydrogens is 377 g/mol. The summed E-state index contributed by atoms with van der Waals surface area (Å²) in [6, 6.07) is 8.51. The first kappa shape index (κ1) is 23.1. The lowest BCUT2D eigenvalue weighted by Gasteiger charge is -2.29. The number of carbonyl (C=O) groups excluding carboxylic acids is 2. The molecular formula is C19H30BN3O6. The van der Waals surface area contributed by atoms with E-state index in [1.165, 1.54) is 7.11 Å². The lowest BCUT2D eigenvalue weighted by molar-refractivity contribution is -0.124. The summed E-state index contributed by atoms with van der Waals surface area (Å²) in [5.74, 6) is -1.36. The van der Waals surface area contributed by atoms with Gasteiger partial charge in [-0.15, -0.1) is 0 Å². The minimum atomic E-state index is -1.70. The first-order chi connectivity index (χ1) is 14.0. The van der Waals surface area contributed by atoms with Crippen LogP contribution in [0.25, 0.3) is 0 Å². The van der Waals surface area contributed by atoms with Crippen LogP contribution in [0.5, 0.6) is 0 Å². The maximum Gasteiger partial charge on any atom is 0.475 e. The number of carbonyl (C=O) groups is 2. The van der Waals surface area contributed by atoms with Crippen LogP contribution < -0.4 is 10.6 Å². The number of nitrogens with one attached hydrogen (secondary N) is 2. The molecule has 3 amide bonds. The number of morpholine rings is 1. The molecule has 2 atom stereocenters. The van der Waals surface area contributed by atoms with Crippen LogP contribution in [-0.2, 0) is 20.7 Å². The number of methoxy groups -OCH3 is 1. The highest BCUT2D eigenvalue weighted by atomic mass is 16.5. The molecule has 1 aliphatic rings. The van der Waals surface area contributed by atoms with Gasteiger partial charge < -0.3 is 35.1 Å². The van der Waals surface area contributed by atoms with E-state index in [0.717, 1.165) is 12.0 Å². The van der Waals surface area contributed by atoms with Crippen molar-refractivity contribution in [1.29, 1.82) is 0 Å². The topological polar surface area (TPSA) is 120 Å². The largest absolute Gasteiger partial charge is 0.475 e. The molecule has 0 spiro atoms. The van der Waals surface area contributed by atoms with Crippen molar-refractivity contribution in [3.8, 4) is 0 Å². The monoisotopic (exact) mass is 407 g/mol. The number of hydrogen-bond donors (Lipinski definition) is 4. The van der Waals surface area contributed by atoms with Crippen molar-refractivity contribution in [2.24, 2.45) is 0 Å². The second kappa shape index (κ2) is 12.4. The van der Waals surface area contributed by atoms with Gasteiger partial charge >= 0.3 is 13.1 Å². The highest BCUT2D eigenvalue weighted by Gasteiger charge is 2.30. The third-order valence-electron chi connectivity index (χ3n) is 4.76. The van der Waals surface area contributed by atoms with Crippen LogP contribution in [0.4, 0.5) is 4.79 Å². The smallest absolute Gasteiger partial charge is 0.426 e. The van der Waals surface area contributed by atoms with Gasteiger partial charge in [0.25, 0.3) is 0 Å². The van der Waals surface area contributed by atoms with Crippen molar-refractivity contribution in [1.82, 2.24) is 15.5 Å². The number of aryl methyl sites for hydroxylation is 1. The van der Waals surface area contributed by atoms with Gasteiger partial charge in [0, 0.05) is 20.2 Å². The summed E-state index contributed by atoms with van der Waals surface area (Å²) in [6.45, 7) is 1.78. The number of ether oxygens (including phenoxy) is 2. The van der Waals surface area contributed by atoms with Crippen molar-refractivity contribution in [3.05, 3.63) is 35.9 Å². The number of rotatable bonds is 10. The Morgan fingerprint density at radius 1 is 1.21 bits per heavy atom. The Balaban J connectivity index is 1.87. The Morgan fingerprint density at radius 2 is 1.90 bits per heavy atom. The van der Waals surface area contributed by atoms with E-state index in [-0.39, 0.29) is 12.6 Å². The van der Waals surface area contributed by atoms with E-state index in [1.54, 1.807) is 4.90 Å². The van der Waals surface area contributed by atoms with Crippen molar-refractivity contribution in [2.45, 2.75) is 31.2 Å². The molecule has 0 radical (unpaired) electrons. The molecule has 0 aliphatic carbocycles. The van der Waals surface area contributed by atoms with Crippen LogP contribution in [0, 0.1) is 0 Å². The lowest BCUT2D eigenvalue weighted by Crippen LogP contribution is -2.58. The molecule has 160 valence electrons. The third-order valence-corrected chi connectivity index (χ3v) is 4.76. The molecule has 9 nitrogen and oxygen atoms in total. The van der Waals surface area contributed by atoms with Crippen molar-refractivity contribution >= 4 is 19.1 Å². The fourth-order valence-electron chi connectivity index (χ4n) is 3.11. The Hall–Kier alpha value is -2.14. The summed E-state index contributed by atoms with van der Waals surface area (Å²) in [6.07, 6.45) is 1.81. The molecule has 0 unspecified atom stereocenters. The van der Waals surface area contributed by atoms with Gasteiger partial charge in [0.15, 0.2) is 0 Å². The van der Waals surface area contributed by atoms with Crippen molar-refractivity contribution < 1.29 is 29.1 Å². The number of urea groups is 1. The normalized spacial score (nSPS) is 16.0. The Bertz CT molecular complexity index is 628. The quantitative estimate of drug-likeness (QED) is 0.391. The highest BCUT2D eigenvalue weighted by molar-refractivity contribution is 6.43. The van der Waals surface area contributed by atoms with Crippen LogP contribution in [0.15, 0.2) is 30.3 Å². The average molecular weight is 407 g/mol. The molecule has 0 saturated carbocycles. The van der Waals surface area contributed by atoms with Gasteiger partial charge in [-0.3, -0.25) is 4.79 Å². The van der Waals surface area contributed by atoms with Crippen LogP contribution in [-0.4, -0.2) is 86.0 Å². The van der Waals surface area contributed by atoms with E-state index < -0.39 is 25.0 Å². The molecule has 2 rings (SSSR count). The molecule has 1 heterocycles. The van der Waals surface area contributed by atoms with Gasteiger partial charge in [-0.2, -0.15) is 0 Å². The van der Waals surface area contributed by atoms with E-state index in [1.807, 2.05) is 30.3 Å². The first-order valence-corrected chi connectivity index (χ1v) is 9.84. The van der Waals surface area contributed by atoms with Crippen LogP contribution >= 0.6 is 0 Å². The van der Waals surface area contributed by atoms with Gasteiger partial charge in [0.05, 0.1) is 25.8 Å². The number of benzene rings is 1. The van der Waals surface area contributed by atoms with Crippen molar-refractivity contribution in [2.75, 3.05) is 40.0 Å². The van der Waals surface area contributed by atoms with E-state index in [0.29, 0.717) is 39.1 Å². The Kier molecular flexibility index (Phi) is 9.92. The number of hydrogen-bond acceptors (Lipinski definition) is 6. The maximum absolute atomic E-state index is 12.6. The summed E-state index contributed by atoms with van der Waals surface area (Å²) in [5.41, 5.74) is 1.14. The Morgan fingerprint density at radius 3 is 2.52 bits per heavy atom. The maximum atomic E-state index is 12.6. The van der Waals surface area contributed by atoms with Gasteiger partial charge in [-0.1, -0.05) is 30.3 Å². The SMILES string of the molecule is COC[C@@H](NC(=O)N1CCOCC1)C(=O)N[C@@H](CCCc1ccccc1)B(O)O. The molecule has 1 aromatic carbocycles. The lowest BCUT2D eigenvalue weighted by atomic mass is 9.76. The van der Waals surface area contributed by atoms with Crippen LogP contribution in [0.1, 0.15) is 18.4 Å². The zero-order chi connectivity index (χ0) is 21.1. The van der Waals surface area contributed by atoms with E-state index in [9.17, 15) is 19.6 Å². The Labute approximate surface area is 171 Å². The summed E-state index contributed by atoms with van der Waals surface area (Å²) in [7, 11) is -0.271. The molecule has 4 N–H and O–H groups in total. The fraction of sp³-hybridized carbons (Fsp3) is 0.579. The second-order valence-electron chi connectivity index (χ2n) is 6.96. The zero-order valence-corrected chi connectivity index (χ0v) is 16.8. The molecule has 1 fully saturated rings. The summed E-state index contributed by atoms with van der Waals surface area (Å²) < 4.78 is 10.3. The summed E-state index contributed by atoms with van der Waals surface area (Å²) in [5, 5.41) is 24.6. The summed E-state index contributed by atoms with van der Waals surface area (Å²) >= 11 is 0. The molecule has 29 heavy (non-hydrogen) atoms. The number of nitrogens with zero attached hydrogens (tertiary/aromatic N) is 1. The fourth-order valence-corrected chi connectivity index (χ4v) is 3.11. The minimum Gasteiger partial charge on any atom is -0.426 e. The highest BCUT2D eigenvalue weighted by Crippen LogP contribution is 2.08. The third kappa shape index (κ3) is 8.02. The molecule has 0 bridgehead atoms. The average Bonchev–Trinajstić information content (AvgIpc) is 2.73. The van der Waals surface area contributed by atoms with Crippen LogP contribution in [0.2, 0.25) is 0 Å². The van der Waals surface area contributed by atoms with Gasteiger partial charge in [-0.05, 0) is 24.8 Å². The minimum absolute atomic E-state index is 0.0276. The second-order valence-corrected chi connectivity index (χ2v) is 6.96. The number of amides is 3. The molecule has 1 saturated heterocycles. The van der Waals surface area contributed by atoms with Gasteiger partial charge in [0.1, 0.15) is 6.04 Å². The zero-order valence-electron chi connectivity index (χ0n) is 16.8. The van der Waals surface area contributed by atoms with E-state index >= 15 is 0 Å². The first-order valence-electron chi connectivity index (χ1n) is 9.84. The standard InChI is InChI=1S/C19H30BN3O6/c1-28-14-16(21-19(25)23-10-12-29-13-11-23)18(24)22-17(20(26)27)9-5-8-15-6-3-2-4-7-15/h2-4,6-7,16-17,26-27H,5,8-14H2,1H3,(H,21,25)(H,22,24)/t16-,17+/m1/s1. The molecule has 1 aromatic rings. The predicted molar refractivity (Wildman–Crippen MR) is 108 cm³/mol. The predicted octanol–water partition coefficient (Wildman–Crippen LogP) is -0.437. The van der Waals surface area contributed by atoms with Gasteiger partial charge in [0.2, 0.25) is 5.91 Å².